The van der Waals surface area contributed by atoms with E-state index in [1.165, 1.54) is 0 Å². The average molecular weight is 320 g/mol. The van der Waals surface area contributed by atoms with Gasteiger partial charge in [0.15, 0.2) is 0 Å². The van der Waals surface area contributed by atoms with Crippen LogP contribution in [0.1, 0.15) is 18.0 Å². The normalized spacial score (nSPS) is 19.6. The summed E-state index contributed by atoms with van der Waals surface area (Å²) < 4.78 is 0. The molecule has 0 bridgehead atoms. The SMILES string of the molecule is CN1CCC(CNC(=O)C(N)c2ccccc2)C1.Cl.Cl. The van der Waals surface area contributed by atoms with Gasteiger partial charge in [0.05, 0.1) is 0 Å². The van der Waals surface area contributed by atoms with Gasteiger partial charge in [-0.25, -0.2) is 0 Å². The highest BCUT2D eigenvalue weighted by molar-refractivity contribution is 5.85. The van der Waals surface area contributed by atoms with Crippen LogP contribution in [-0.4, -0.2) is 37.5 Å². The largest absolute Gasteiger partial charge is 0.354 e. The van der Waals surface area contributed by atoms with Crippen molar-refractivity contribution in [2.75, 3.05) is 26.7 Å². The van der Waals surface area contributed by atoms with Crippen molar-refractivity contribution in [3.63, 3.8) is 0 Å². The smallest absolute Gasteiger partial charge is 0.241 e. The highest BCUT2D eigenvalue weighted by atomic mass is 35.5. The van der Waals surface area contributed by atoms with Crippen molar-refractivity contribution < 1.29 is 4.79 Å². The Balaban J connectivity index is 0.00000180. The number of amides is 1. The molecule has 1 amide bonds. The van der Waals surface area contributed by atoms with Gasteiger partial charge in [0, 0.05) is 13.1 Å². The van der Waals surface area contributed by atoms with Gasteiger partial charge >= 0.3 is 0 Å². The summed E-state index contributed by atoms with van der Waals surface area (Å²) in [6, 6.07) is 8.91. The fraction of sp³-hybridized carbons (Fsp3) is 0.500. The lowest BCUT2D eigenvalue weighted by Crippen LogP contribution is -2.37. The Kier molecular flexibility index (Phi) is 8.81. The molecule has 2 atom stereocenters. The standard InChI is InChI=1S/C14H21N3O.2ClH/c1-17-8-7-11(10-17)9-16-14(18)13(15)12-5-3-2-4-6-12;;/h2-6,11,13H,7-10,15H2,1H3,(H,16,18);2*1H. The summed E-state index contributed by atoms with van der Waals surface area (Å²) in [5, 5.41) is 2.95. The third-order valence-electron chi connectivity index (χ3n) is 3.50. The van der Waals surface area contributed by atoms with Gasteiger partial charge in [-0.05, 0) is 31.5 Å². The molecule has 1 aromatic carbocycles. The van der Waals surface area contributed by atoms with E-state index in [1.807, 2.05) is 30.3 Å². The molecule has 1 heterocycles. The summed E-state index contributed by atoms with van der Waals surface area (Å²) in [5.41, 5.74) is 6.79. The molecule has 4 nitrogen and oxygen atoms in total. The van der Waals surface area contributed by atoms with Gasteiger partial charge in [-0.2, -0.15) is 0 Å². The molecule has 1 fully saturated rings. The highest BCUT2D eigenvalue weighted by Gasteiger charge is 2.21. The maximum absolute atomic E-state index is 11.9. The number of nitrogens with two attached hydrogens (primary N) is 1. The first-order valence-electron chi connectivity index (χ1n) is 6.43. The van der Waals surface area contributed by atoms with Crippen molar-refractivity contribution in [1.29, 1.82) is 0 Å². The number of nitrogens with one attached hydrogen (secondary N) is 1. The average Bonchev–Trinajstić information content (AvgIpc) is 2.82. The van der Waals surface area contributed by atoms with E-state index in [9.17, 15) is 4.79 Å². The van der Waals surface area contributed by atoms with Crippen molar-refractivity contribution >= 4 is 30.7 Å². The summed E-state index contributed by atoms with van der Waals surface area (Å²) in [6.45, 7) is 2.90. The molecule has 1 saturated heterocycles. The molecule has 1 aromatic rings. The van der Waals surface area contributed by atoms with Gasteiger partial charge in [-0.3, -0.25) is 4.79 Å². The zero-order chi connectivity index (χ0) is 13.0. The van der Waals surface area contributed by atoms with Gasteiger partial charge in [0.25, 0.3) is 0 Å². The first kappa shape index (κ1) is 19.2. The van der Waals surface area contributed by atoms with Gasteiger partial charge in [0.2, 0.25) is 5.91 Å². The molecule has 2 rings (SSSR count). The quantitative estimate of drug-likeness (QED) is 0.886. The fourth-order valence-corrected chi connectivity index (χ4v) is 2.36. The lowest BCUT2D eigenvalue weighted by molar-refractivity contribution is -0.122. The van der Waals surface area contributed by atoms with E-state index in [0.717, 1.165) is 31.6 Å². The van der Waals surface area contributed by atoms with Crippen LogP contribution in [0.4, 0.5) is 0 Å². The molecule has 114 valence electrons. The number of rotatable bonds is 4. The van der Waals surface area contributed by atoms with E-state index in [0.29, 0.717) is 5.92 Å². The van der Waals surface area contributed by atoms with Crippen LogP contribution in [0, 0.1) is 5.92 Å². The van der Waals surface area contributed by atoms with Crippen LogP contribution in [0.25, 0.3) is 0 Å². The van der Waals surface area contributed by atoms with Crippen molar-refractivity contribution in [2.45, 2.75) is 12.5 Å². The fourth-order valence-electron chi connectivity index (χ4n) is 2.36. The Morgan fingerprint density at radius 2 is 2.05 bits per heavy atom. The van der Waals surface area contributed by atoms with Crippen molar-refractivity contribution in [3.8, 4) is 0 Å². The van der Waals surface area contributed by atoms with E-state index in [4.69, 9.17) is 5.73 Å². The molecule has 6 heteroatoms. The number of halogens is 2. The minimum Gasteiger partial charge on any atom is -0.354 e. The molecule has 2 unspecified atom stereocenters. The van der Waals surface area contributed by atoms with E-state index in [-0.39, 0.29) is 30.7 Å². The Morgan fingerprint density at radius 3 is 2.60 bits per heavy atom. The first-order chi connectivity index (χ1) is 8.66. The monoisotopic (exact) mass is 319 g/mol. The summed E-state index contributed by atoms with van der Waals surface area (Å²) in [5.74, 6) is 0.470. The number of likely N-dealkylation sites (tertiary alicyclic amines) is 1. The molecule has 1 aliphatic rings. The maximum atomic E-state index is 11.9. The lowest BCUT2D eigenvalue weighted by atomic mass is 10.1. The molecule has 0 aromatic heterocycles. The van der Waals surface area contributed by atoms with Crippen LogP contribution in [0.2, 0.25) is 0 Å². The summed E-state index contributed by atoms with van der Waals surface area (Å²) in [6.07, 6.45) is 1.15. The van der Waals surface area contributed by atoms with Crippen LogP contribution < -0.4 is 11.1 Å². The van der Waals surface area contributed by atoms with Crippen LogP contribution in [0.3, 0.4) is 0 Å². The molecule has 0 spiro atoms. The summed E-state index contributed by atoms with van der Waals surface area (Å²) in [4.78, 5) is 14.2. The minimum absolute atomic E-state index is 0. The number of nitrogens with zero attached hydrogens (tertiary/aromatic N) is 1. The number of hydrogen-bond acceptors (Lipinski definition) is 3. The second-order valence-electron chi connectivity index (χ2n) is 5.05. The van der Waals surface area contributed by atoms with Gasteiger partial charge < -0.3 is 16.0 Å². The Bertz CT molecular complexity index is 403. The topological polar surface area (TPSA) is 58.4 Å². The predicted molar refractivity (Wildman–Crippen MR) is 86.5 cm³/mol. The molecular formula is C14H23Cl2N3O. The summed E-state index contributed by atoms with van der Waals surface area (Å²) in [7, 11) is 2.11. The Hall–Kier alpha value is -0.810. The number of carbonyl (C=O) groups is 1. The van der Waals surface area contributed by atoms with Crippen molar-refractivity contribution in [2.24, 2.45) is 11.7 Å². The molecule has 0 saturated carbocycles. The second kappa shape index (κ2) is 9.19. The number of carbonyl (C=O) groups excluding carboxylic acids is 1. The Morgan fingerprint density at radius 1 is 1.40 bits per heavy atom. The third kappa shape index (κ3) is 5.29. The van der Waals surface area contributed by atoms with Crippen LogP contribution >= 0.6 is 24.8 Å². The maximum Gasteiger partial charge on any atom is 0.241 e. The first-order valence-corrected chi connectivity index (χ1v) is 6.43. The van der Waals surface area contributed by atoms with Crippen LogP contribution in [-0.2, 0) is 4.79 Å². The zero-order valence-electron chi connectivity index (χ0n) is 11.6. The lowest BCUT2D eigenvalue weighted by Gasteiger charge is -2.15. The number of benzene rings is 1. The van der Waals surface area contributed by atoms with Gasteiger partial charge in [0.1, 0.15) is 6.04 Å². The molecule has 3 N–H and O–H groups in total. The molecule has 1 aliphatic heterocycles. The molecular weight excluding hydrogens is 297 g/mol. The predicted octanol–water partition coefficient (Wildman–Crippen LogP) is 1.60. The van der Waals surface area contributed by atoms with Gasteiger partial charge in [-0.1, -0.05) is 30.3 Å². The third-order valence-corrected chi connectivity index (χ3v) is 3.50. The van der Waals surface area contributed by atoms with Gasteiger partial charge in [-0.15, -0.1) is 24.8 Å². The van der Waals surface area contributed by atoms with Crippen molar-refractivity contribution in [3.05, 3.63) is 35.9 Å². The molecule has 20 heavy (non-hydrogen) atoms. The Labute approximate surface area is 132 Å². The van der Waals surface area contributed by atoms with E-state index in [2.05, 4.69) is 17.3 Å². The molecule has 0 aliphatic carbocycles. The van der Waals surface area contributed by atoms with E-state index in [1.54, 1.807) is 0 Å². The van der Waals surface area contributed by atoms with E-state index < -0.39 is 6.04 Å². The summed E-state index contributed by atoms with van der Waals surface area (Å²) >= 11 is 0. The van der Waals surface area contributed by atoms with Crippen LogP contribution in [0.15, 0.2) is 30.3 Å². The minimum atomic E-state index is -0.565. The molecule has 0 radical (unpaired) electrons. The second-order valence-corrected chi connectivity index (χ2v) is 5.05. The zero-order valence-corrected chi connectivity index (χ0v) is 13.3. The number of hydrogen-bond donors (Lipinski definition) is 2. The van der Waals surface area contributed by atoms with E-state index >= 15 is 0 Å². The van der Waals surface area contributed by atoms with Crippen molar-refractivity contribution in [1.82, 2.24) is 10.2 Å². The highest BCUT2D eigenvalue weighted by Crippen LogP contribution is 2.14. The van der Waals surface area contributed by atoms with Crippen LogP contribution in [0.5, 0.6) is 0 Å².